The van der Waals surface area contributed by atoms with E-state index in [0.29, 0.717) is 0 Å². The van der Waals surface area contributed by atoms with Crippen LogP contribution in [0.2, 0.25) is 0 Å². The Hall–Kier alpha value is -1.24. The summed E-state index contributed by atoms with van der Waals surface area (Å²) >= 11 is 0. The first-order chi connectivity index (χ1) is 4.86. The first-order valence-corrected chi connectivity index (χ1v) is 3.24. The van der Waals surface area contributed by atoms with Crippen molar-refractivity contribution in [1.82, 2.24) is 4.57 Å². The van der Waals surface area contributed by atoms with Gasteiger partial charge in [-0.05, 0) is 10.8 Å². The molecule has 2 aromatic rings. The molecular weight excluding hydrogens is 122 g/mol. The lowest BCUT2D eigenvalue weighted by atomic mass is 10.2. The van der Waals surface area contributed by atoms with E-state index in [1.165, 1.54) is 10.8 Å². The average molecular weight is 130 g/mol. The fourth-order valence-corrected chi connectivity index (χ4v) is 1.14. The molecule has 0 N–H and O–H groups in total. The summed E-state index contributed by atoms with van der Waals surface area (Å²) in [4.78, 5) is 0. The molecule has 1 aromatic heterocycles. The average Bonchev–Trinajstić information content (AvgIpc) is 2.27. The Morgan fingerprint density at radius 1 is 1.00 bits per heavy atom. The van der Waals surface area contributed by atoms with Crippen molar-refractivity contribution in [2.75, 3.05) is 0 Å². The van der Waals surface area contributed by atoms with E-state index in [4.69, 9.17) is 0 Å². The maximum Gasteiger partial charge on any atom is 0.0400 e. The van der Waals surface area contributed by atoms with E-state index in [9.17, 15) is 0 Å². The second-order valence-corrected chi connectivity index (χ2v) is 2.40. The van der Waals surface area contributed by atoms with E-state index in [1.807, 2.05) is 29.1 Å². The second kappa shape index (κ2) is 1.87. The predicted octanol–water partition coefficient (Wildman–Crippen LogP) is 2.28. The highest BCUT2D eigenvalue weighted by molar-refractivity contribution is 5.82. The molecule has 2 rings (SSSR count). The van der Waals surface area contributed by atoms with Gasteiger partial charge in [0.15, 0.2) is 0 Å². The Bertz CT molecular complexity index is 313. The van der Waals surface area contributed by atoms with Crippen LogP contribution in [0, 0.1) is 7.05 Å². The van der Waals surface area contributed by atoms with E-state index in [0.717, 1.165) is 0 Å². The minimum Gasteiger partial charge on any atom is -0.351 e. The Balaban J connectivity index is 2.88. The first-order valence-electron chi connectivity index (χ1n) is 3.24. The standard InChI is InChI=1S/C9H8N/c1-10-6-8-4-2-3-5-9(8)7-10/h2-7H,1H2. The zero-order chi connectivity index (χ0) is 6.97. The zero-order valence-corrected chi connectivity index (χ0v) is 5.62. The van der Waals surface area contributed by atoms with Gasteiger partial charge in [-0.1, -0.05) is 24.3 Å². The molecule has 10 heavy (non-hydrogen) atoms. The third kappa shape index (κ3) is 0.711. The van der Waals surface area contributed by atoms with Crippen molar-refractivity contribution in [3.05, 3.63) is 43.7 Å². The van der Waals surface area contributed by atoms with Crippen LogP contribution in [0.15, 0.2) is 36.7 Å². The fourth-order valence-electron chi connectivity index (χ4n) is 1.14. The van der Waals surface area contributed by atoms with Gasteiger partial charge in [-0.15, -0.1) is 0 Å². The highest BCUT2D eigenvalue weighted by atomic mass is 14.9. The third-order valence-electron chi connectivity index (χ3n) is 1.61. The summed E-state index contributed by atoms with van der Waals surface area (Å²) < 4.78 is 1.82. The van der Waals surface area contributed by atoms with Crippen LogP contribution >= 0.6 is 0 Å². The molecule has 1 heterocycles. The normalized spacial score (nSPS) is 10.5. The molecule has 1 heteroatoms. The van der Waals surface area contributed by atoms with Gasteiger partial charge in [-0.25, -0.2) is 0 Å². The van der Waals surface area contributed by atoms with E-state index >= 15 is 0 Å². The van der Waals surface area contributed by atoms with Crippen molar-refractivity contribution in [2.45, 2.75) is 0 Å². The number of benzene rings is 1. The van der Waals surface area contributed by atoms with Gasteiger partial charge in [0.2, 0.25) is 0 Å². The molecule has 0 saturated carbocycles. The Morgan fingerprint density at radius 2 is 1.50 bits per heavy atom. The molecule has 0 aliphatic heterocycles. The molecule has 0 bridgehead atoms. The lowest BCUT2D eigenvalue weighted by Crippen LogP contribution is -1.71. The minimum atomic E-state index is 1.25. The fraction of sp³-hybridized carbons (Fsp3) is 0. The van der Waals surface area contributed by atoms with Crippen LogP contribution in [0.5, 0.6) is 0 Å². The highest BCUT2D eigenvalue weighted by Gasteiger charge is 1.91. The van der Waals surface area contributed by atoms with Crippen LogP contribution in [0.4, 0.5) is 0 Å². The number of hydrogen-bond donors (Lipinski definition) is 0. The van der Waals surface area contributed by atoms with Crippen LogP contribution < -0.4 is 0 Å². The third-order valence-corrected chi connectivity index (χ3v) is 1.61. The lowest BCUT2D eigenvalue weighted by molar-refractivity contribution is 1.10. The van der Waals surface area contributed by atoms with Crippen LogP contribution in [-0.2, 0) is 0 Å². The summed E-state index contributed by atoms with van der Waals surface area (Å²) in [6.45, 7) is 0. The summed E-state index contributed by atoms with van der Waals surface area (Å²) in [5.41, 5.74) is 0. The number of nitrogens with zero attached hydrogens (tertiary/aromatic N) is 1. The van der Waals surface area contributed by atoms with Crippen LogP contribution in [0.25, 0.3) is 10.8 Å². The second-order valence-electron chi connectivity index (χ2n) is 2.40. The summed E-state index contributed by atoms with van der Waals surface area (Å²) in [6.07, 6.45) is 4.02. The molecule has 1 aromatic carbocycles. The van der Waals surface area contributed by atoms with Gasteiger partial charge >= 0.3 is 0 Å². The maximum atomic E-state index is 3.77. The molecular formula is C9H8N. The van der Waals surface area contributed by atoms with Crippen molar-refractivity contribution < 1.29 is 0 Å². The van der Waals surface area contributed by atoms with Gasteiger partial charge in [-0.3, -0.25) is 0 Å². The predicted molar refractivity (Wildman–Crippen MR) is 42.7 cm³/mol. The molecule has 0 amide bonds. The molecule has 1 nitrogen and oxygen atoms in total. The molecule has 0 aliphatic carbocycles. The Morgan fingerprint density at radius 3 is 2.00 bits per heavy atom. The largest absolute Gasteiger partial charge is 0.351 e. The number of rotatable bonds is 0. The van der Waals surface area contributed by atoms with Gasteiger partial charge in [0.25, 0.3) is 0 Å². The molecule has 0 aliphatic rings. The number of hydrogen-bond acceptors (Lipinski definition) is 0. The van der Waals surface area contributed by atoms with Crippen molar-refractivity contribution >= 4 is 10.8 Å². The van der Waals surface area contributed by atoms with Gasteiger partial charge in [-0.2, -0.15) is 0 Å². The van der Waals surface area contributed by atoms with E-state index < -0.39 is 0 Å². The monoisotopic (exact) mass is 130 g/mol. The van der Waals surface area contributed by atoms with Crippen molar-refractivity contribution in [3.8, 4) is 0 Å². The van der Waals surface area contributed by atoms with Crippen molar-refractivity contribution in [1.29, 1.82) is 0 Å². The molecule has 49 valence electrons. The van der Waals surface area contributed by atoms with E-state index in [2.05, 4.69) is 19.2 Å². The molecule has 0 fully saturated rings. The van der Waals surface area contributed by atoms with Gasteiger partial charge in [0.05, 0.1) is 0 Å². The summed E-state index contributed by atoms with van der Waals surface area (Å²) in [6, 6.07) is 8.22. The zero-order valence-electron chi connectivity index (χ0n) is 5.62. The van der Waals surface area contributed by atoms with Crippen molar-refractivity contribution in [3.63, 3.8) is 0 Å². The van der Waals surface area contributed by atoms with Gasteiger partial charge < -0.3 is 4.57 Å². The molecule has 0 unspecified atom stereocenters. The molecule has 0 atom stereocenters. The molecule has 1 radical (unpaired) electrons. The smallest absolute Gasteiger partial charge is 0.0400 e. The number of aromatic nitrogens is 1. The molecule has 0 saturated heterocycles. The lowest BCUT2D eigenvalue weighted by Gasteiger charge is -1.81. The first kappa shape index (κ1) is 5.54. The topological polar surface area (TPSA) is 4.93 Å². The van der Waals surface area contributed by atoms with Crippen LogP contribution in [0.3, 0.4) is 0 Å². The summed E-state index contributed by atoms with van der Waals surface area (Å²) in [5, 5.41) is 2.50. The van der Waals surface area contributed by atoms with E-state index in [1.54, 1.807) is 0 Å². The van der Waals surface area contributed by atoms with Crippen LogP contribution in [0.1, 0.15) is 0 Å². The SMILES string of the molecule is [CH2]n1cc2ccccc2c1. The minimum absolute atomic E-state index is 1.25. The Kier molecular flexibility index (Phi) is 1.04. The Labute approximate surface area is 59.9 Å². The van der Waals surface area contributed by atoms with Crippen LogP contribution in [-0.4, -0.2) is 4.57 Å². The quantitative estimate of drug-likeness (QED) is 0.515. The van der Waals surface area contributed by atoms with Gasteiger partial charge in [0, 0.05) is 19.4 Å². The van der Waals surface area contributed by atoms with Gasteiger partial charge in [0.1, 0.15) is 0 Å². The summed E-state index contributed by atoms with van der Waals surface area (Å²) in [5.74, 6) is 0. The number of fused-ring (bicyclic) bond motifs is 1. The molecule has 0 spiro atoms. The van der Waals surface area contributed by atoms with E-state index in [-0.39, 0.29) is 0 Å². The van der Waals surface area contributed by atoms with Crippen molar-refractivity contribution in [2.24, 2.45) is 0 Å². The summed E-state index contributed by atoms with van der Waals surface area (Å²) in [7, 11) is 3.77. The highest BCUT2D eigenvalue weighted by Crippen LogP contribution is 2.12. The maximum absolute atomic E-state index is 3.77.